The summed E-state index contributed by atoms with van der Waals surface area (Å²) in [6.07, 6.45) is 0. The molecule has 7 nitrogen and oxygen atoms in total. The van der Waals surface area contributed by atoms with Crippen molar-refractivity contribution in [3.8, 4) is 0 Å². The Balaban J connectivity index is 2.04. The molecule has 0 fully saturated rings. The molecule has 0 unspecified atom stereocenters. The number of halogens is 2. The molecule has 0 aliphatic heterocycles. The van der Waals surface area contributed by atoms with Gasteiger partial charge >= 0.3 is 0 Å². The predicted molar refractivity (Wildman–Crippen MR) is 86.3 cm³/mol. The molecule has 124 valence electrons. The molecular formula is C13H13Cl2N3O4S. The van der Waals surface area contributed by atoms with E-state index in [0.29, 0.717) is 10.7 Å². The molecule has 1 aromatic heterocycles. The van der Waals surface area contributed by atoms with Gasteiger partial charge in [-0.25, -0.2) is 13.1 Å². The molecule has 1 aromatic carbocycles. The molecular weight excluding hydrogens is 365 g/mol. The first-order chi connectivity index (χ1) is 10.7. The van der Waals surface area contributed by atoms with Gasteiger partial charge in [-0.15, -0.1) is 0 Å². The third kappa shape index (κ3) is 4.23. The molecule has 2 N–H and O–H groups in total. The van der Waals surface area contributed by atoms with Gasteiger partial charge < -0.3 is 9.84 Å². The number of aromatic nitrogens is 1. The molecule has 0 aliphatic carbocycles. The Labute approximate surface area is 143 Å². The van der Waals surface area contributed by atoms with Gasteiger partial charge in [0.1, 0.15) is 10.6 Å². The highest BCUT2D eigenvalue weighted by molar-refractivity contribution is 7.89. The zero-order valence-corrected chi connectivity index (χ0v) is 14.5. The van der Waals surface area contributed by atoms with Crippen LogP contribution in [0.2, 0.25) is 10.0 Å². The number of benzene rings is 1. The Kier molecular flexibility index (Phi) is 5.30. The minimum atomic E-state index is -3.90. The van der Waals surface area contributed by atoms with E-state index in [9.17, 15) is 13.2 Å². The van der Waals surface area contributed by atoms with Crippen molar-refractivity contribution in [3.05, 3.63) is 39.7 Å². The summed E-state index contributed by atoms with van der Waals surface area (Å²) < 4.78 is 31.3. The van der Waals surface area contributed by atoms with Gasteiger partial charge in [0, 0.05) is 5.02 Å². The van der Waals surface area contributed by atoms with Crippen LogP contribution in [0.5, 0.6) is 0 Å². The fourth-order valence-corrected chi connectivity index (χ4v) is 3.64. The van der Waals surface area contributed by atoms with Crippen LogP contribution in [-0.2, 0) is 14.8 Å². The number of hydrogen-bond donors (Lipinski definition) is 2. The van der Waals surface area contributed by atoms with Crippen molar-refractivity contribution in [1.82, 2.24) is 9.88 Å². The first-order valence-electron chi connectivity index (χ1n) is 6.38. The summed E-state index contributed by atoms with van der Waals surface area (Å²) in [6.45, 7) is 2.51. The lowest BCUT2D eigenvalue weighted by Gasteiger charge is -2.09. The molecule has 0 bridgehead atoms. The smallest absolute Gasteiger partial charge is 0.246 e. The summed E-state index contributed by atoms with van der Waals surface area (Å²) in [5.41, 5.74) is 0.550. The first-order valence-corrected chi connectivity index (χ1v) is 8.62. The number of carbonyl (C=O) groups excluding carboxylic acids is 1. The highest BCUT2D eigenvalue weighted by Gasteiger charge is 2.24. The molecule has 0 saturated carbocycles. The fourth-order valence-electron chi connectivity index (χ4n) is 1.88. The lowest BCUT2D eigenvalue weighted by molar-refractivity contribution is -0.115. The second-order valence-corrected chi connectivity index (χ2v) is 7.20. The van der Waals surface area contributed by atoms with E-state index in [1.165, 1.54) is 26.0 Å². The highest BCUT2D eigenvalue weighted by Crippen LogP contribution is 2.25. The molecule has 23 heavy (non-hydrogen) atoms. The van der Waals surface area contributed by atoms with Crippen molar-refractivity contribution in [2.75, 3.05) is 11.9 Å². The normalized spacial score (nSPS) is 11.5. The number of aryl methyl sites for hydroxylation is 2. The Morgan fingerprint density at radius 3 is 2.57 bits per heavy atom. The minimum Gasteiger partial charge on any atom is -0.360 e. The van der Waals surface area contributed by atoms with Crippen LogP contribution in [0.3, 0.4) is 0 Å². The Bertz CT molecular complexity index is 829. The number of anilines is 1. The molecule has 0 radical (unpaired) electrons. The van der Waals surface area contributed by atoms with Crippen LogP contribution in [0.4, 0.5) is 5.69 Å². The number of amides is 1. The zero-order valence-electron chi connectivity index (χ0n) is 12.2. The Morgan fingerprint density at radius 2 is 2.00 bits per heavy atom. The van der Waals surface area contributed by atoms with Gasteiger partial charge in [-0.1, -0.05) is 28.4 Å². The van der Waals surface area contributed by atoms with E-state index in [4.69, 9.17) is 27.7 Å². The van der Waals surface area contributed by atoms with Crippen molar-refractivity contribution in [1.29, 1.82) is 0 Å². The molecule has 0 spiro atoms. The van der Waals surface area contributed by atoms with Crippen LogP contribution in [0.15, 0.2) is 27.6 Å². The van der Waals surface area contributed by atoms with Gasteiger partial charge in [0.05, 0.1) is 17.3 Å². The third-order valence-corrected chi connectivity index (χ3v) is 5.06. The summed E-state index contributed by atoms with van der Waals surface area (Å²) in [6, 6.07) is 4.54. The maximum Gasteiger partial charge on any atom is 0.246 e. The van der Waals surface area contributed by atoms with E-state index >= 15 is 0 Å². The quantitative estimate of drug-likeness (QED) is 0.833. The van der Waals surface area contributed by atoms with Gasteiger partial charge in [-0.2, -0.15) is 0 Å². The molecule has 10 heteroatoms. The van der Waals surface area contributed by atoms with Crippen LogP contribution in [0.1, 0.15) is 11.5 Å². The van der Waals surface area contributed by atoms with Crippen molar-refractivity contribution < 1.29 is 17.7 Å². The maximum absolute atomic E-state index is 12.2. The average Bonchev–Trinajstić information content (AvgIpc) is 2.80. The lowest BCUT2D eigenvalue weighted by Crippen LogP contribution is -2.33. The second-order valence-electron chi connectivity index (χ2n) is 4.65. The zero-order chi connectivity index (χ0) is 17.2. The molecule has 1 amide bonds. The topological polar surface area (TPSA) is 101 Å². The largest absolute Gasteiger partial charge is 0.360 e. The van der Waals surface area contributed by atoms with E-state index in [2.05, 4.69) is 15.2 Å². The molecule has 0 aliphatic rings. The highest BCUT2D eigenvalue weighted by atomic mass is 35.5. The molecule has 2 aromatic rings. The second kappa shape index (κ2) is 6.88. The first kappa shape index (κ1) is 17.7. The van der Waals surface area contributed by atoms with Gasteiger partial charge in [-0.05, 0) is 32.0 Å². The van der Waals surface area contributed by atoms with Crippen molar-refractivity contribution in [3.63, 3.8) is 0 Å². The summed E-state index contributed by atoms with van der Waals surface area (Å²) in [5.74, 6) is -0.430. The predicted octanol–water partition coefficient (Wildman–Crippen LogP) is 2.52. The van der Waals surface area contributed by atoms with Crippen LogP contribution in [-0.4, -0.2) is 26.0 Å². The van der Waals surface area contributed by atoms with Gasteiger partial charge in [0.15, 0.2) is 5.76 Å². The summed E-state index contributed by atoms with van der Waals surface area (Å²) in [5, 5.41) is 6.73. The number of rotatable bonds is 5. The third-order valence-electron chi connectivity index (χ3n) is 2.86. The monoisotopic (exact) mass is 377 g/mol. The molecule has 0 saturated heterocycles. The fraction of sp³-hybridized carbons (Fsp3) is 0.231. The van der Waals surface area contributed by atoms with Gasteiger partial charge in [0.2, 0.25) is 15.9 Å². The van der Waals surface area contributed by atoms with Crippen LogP contribution in [0, 0.1) is 13.8 Å². The number of hydrogen-bond acceptors (Lipinski definition) is 5. The van der Waals surface area contributed by atoms with Gasteiger partial charge in [0.25, 0.3) is 0 Å². The molecule has 2 rings (SSSR count). The number of nitrogens with one attached hydrogen (secondary N) is 2. The van der Waals surface area contributed by atoms with Crippen molar-refractivity contribution in [2.24, 2.45) is 0 Å². The van der Waals surface area contributed by atoms with E-state index in [0.717, 1.165) is 0 Å². The standard InChI is InChI=1S/C13H13Cl2N3O4S/c1-7-13(8(2)22-18-7)23(20,21)16-6-12(19)17-11-4-3-9(14)5-10(11)15/h3-5,16H,6H2,1-2H3,(H,17,19). The van der Waals surface area contributed by atoms with Crippen LogP contribution in [0.25, 0.3) is 0 Å². The van der Waals surface area contributed by atoms with Crippen molar-refractivity contribution in [2.45, 2.75) is 18.7 Å². The summed E-state index contributed by atoms with van der Waals surface area (Å²) >= 11 is 11.7. The Hall–Kier alpha value is -1.61. The Morgan fingerprint density at radius 1 is 1.30 bits per heavy atom. The van der Waals surface area contributed by atoms with E-state index in [1.54, 1.807) is 6.07 Å². The SMILES string of the molecule is Cc1noc(C)c1S(=O)(=O)NCC(=O)Nc1ccc(Cl)cc1Cl. The number of carbonyl (C=O) groups is 1. The number of sulfonamides is 1. The number of nitrogens with zero attached hydrogens (tertiary/aromatic N) is 1. The summed E-state index contributed by atoms with van der Waals surface area (Å²) in [7, 11) is -3.90. The van der Waals surface area contributed by atoms with E-state index in [1.807, 2.05) is 0 Å². The maximum atomic E-state index is 12.2. The van der Waals surface area contributed by atoms with Gasteiger partial charge in [-0.3, -0.25) is 4.79 Å². The lowest BCUT2D eigenvalue weighted by atomic mass is 10.3. The van der Waals surface area contributed by atoms with E-state index < -0.39 is 22.5 Å². The van der Waals surface area contributed by atoms with Crippen molar-refractivity contribution >= 4 is 44.8 Å². The molecule has 1 heterocycles. The molecule has 0 atom stereocenters. The minimum absolute atomic E-state index is 0.0742. The van der Waals surface area contributed by atoms with Crippen LogP contribution < -0.4 is 10.0 Å². The van der Waals surface area contributed by atoms with Crippen LogP contribution >= 0.6 is 23.2 Å². The van der Waals surface area contributed by atoms with E-state index in [-0.39, 0.29) is 21.4 Å². The average molecular weight is 378 g/mol. The summed E-state index contributed by atoms with van der Waals surface area (Å²) in [4.78, 5) is 11.8.